The van der Waals surface area contributed by atoms with Crippen molar-refractivity contribution in [1.82, 2.24) is 4.57 Å². The summed E-state index contributed by atoms with van der Waals surface area (Å²) in [5.74, 6) is -0.260. The van der Waals surface area contributed by atoms with Crippen LogP contribution in [0.2, 0.25) is 0 Å². The van der Waals surface area contributed by atoms with Gasteiger partial charge in [0, 0.05) is 33.2 Å². The van der Waals surface area contributed by atoms with Gasteiger partial charge in [-0.1, -0.05) is 140 Å². The third kappa shape index (κ3) is 4.41. The van der Waals surface area contributed by atoms with Crippen LogP contribution in [0.1, 0.15) is 22.3 Å². The zero-order valence-electron chi connectivity index (χ0n) is 32.5. The Hall–Kier alpha value is -7.75. The van der Waals surface area contributed by atoms with E-state index in [1.165, 1.54) is 77.1 Å². The fourth-order valence-electron chi connectivity index (χ4n) is 10.8. The van der Waals surface area contributed by atoms with Crippen molar-refractivity contribution in [2.45, 2.75) is 5.41 Å². The minimum absolute atomic E-state index is 0.260. The molecule has 13 rings (SSSR count). The van der Waals surface area contributed by atoms with E-state index in [0.29, 0.717) is 0 Å². The Labute approximate surface area is 346 Å². The quantitative estimate of drug-likeness (QED) is 0.173. The normalized spacial score (nSPS) is 13.2. The van der Waals surface area contributed by atoms with Gasteiger partial charge < -0.3 is 9.47 Å². The molecule has 0 fully saturated rings. The number of hydrogen-bond donors (Lipinski definition) is 0. The predicted molar refractivity (Wildman–Crippen MR) is 247 cm³/mol. The van der Waals surface area contributed by atoms with E-state index < -0.39 is 5.41 Å². The van der Waals surface area contributed by atoms with Crippen LogP contribution in [0, 0.1) is 5.82 Å². The Bertz CT molecular complexity index is 3520. The summed E-state index contributed by atoms with van der Waals surface area (Å²) in [5.41, 5.74) is 16.0. The molecule has 11 aromatic rings. The SMILES string of the molecule is Fc1ccc(N(c2ccc3ccccc3c2)c2cc3c(c4ccccc24)-c2cc4c(cc2C32c3ccccc3-c3ccccc32)c2ccccc2n4-c2ccccc2)cc1. The maximum Gasteiger partial charge on any atom is 0.123 e. The molecular formula is C57H35FN2. The van der Waals surface area contributed by atoms with Crippen LogP contribution in [0.15, 0.2) is 212 Å². The molecule has 0 saturated heterocycles. The molecule has 2 aliphatic rings. The van der Waals surface area contributed by atoms with Gasteiger partial charge in [0.1, 0.15) is 5.82 Å². The van der Waals surface area contributed by atoms with E-state index >= 15 is 0 Å². The average molecular weight is 767 g/mol. The molecule has 60 heavy (non-hydrogen) atoms. The monoisotopic (exact) mass is 766 g/mol. The highest BCUT2D eigenvalue weighted by Crippen LogP contribution is 2.65. The first-order valence-electron chi connectivity index (χ1n) is 20.6. The molecule has 2 aliphatic carbocycles. The van der Waals surface area contributed by atoms with Crippen LogP contribution in [0.5, 0.6) is 0 Å². The number of rotatable bonds is 4. The van der Waals surface area contributed by atoms with Crippen LogP contribution in [0.4, 0.5) is 21.5 Å². The maximum absolute atomic E-state index is 14.7. The lowest BCUT2D eigenvalue weighted by atomic mass is 9.70. The van der Waals surface area contributed by atoms with Crippen molar-refractivity contribution >= 4 is 60.4 Å². The summed E-state index contributed by atoms with van der Waals surface area (Å²) in [6.07, 6.45) is 0. The Balaban J connectivity index is 1.21. The minimum Gasteiger partial charge on any atom is -0.310 e. The molecule has 1 spiro atoms. The predicted octanol–water partition coefficient (Wildman–Crippen LogP) is 15.0. The summed E-state index contributed by atoms with van der Waals surface area (Å²) in [5, 5.41) is 7.09. The molecule has 0 aliphatic heterocycles. The highest BCUT2D eigenvalue weighted by molar-refractivity contribution is 6.16. The van der Waals surface area contributed by atoms with Crippen LogP contribution in [0.25, 0.3) is 71.3 Å². The van der Waals surface area contributed by atoms with E-state index in [-0.39, 0.29) is 5.82 Å². The zero-order valence-corrected chi connectivity index (χ0v) is 32.5. The number of para-hydroxylation sites is 2. The lowest BCUT2D eigenvalue weighted by Crippen LogP contribution is -2.26. The van der Waals surface area contributed by atoms with E-state index in [4.69, 9.17) is 0 Å². The molecule has 1 aromatic heterocycles. The molecular weight excluding hydrogens is 732 g/mol. The zero-order chi connectivity index (χ0) is 39.5. The number of benzene rings is 10. The molecule has 0 saturated carbocycles. The Morgan fingerprint density at radius 3 is 1.77 bits per heavy atom. The molecule has 0 bridgehead atoms. The fourth-order valence-corrected chi connectivity index (χ4v) is 10.8. The van der Waals surface area contributed by atoms with Crippen molar-refractivity contribution in [1.29, 1.82) is 0 Å². The number of nitrogens with zero attached hydrogens (tertiary/aromatic N) is 2. The van der Waals surface area contributed by atoms with Crippen LogP contribution in [-0.2, 0) is 5.41 Å². The lowest BCUT2D eigenvalue weighted by Gasteiger charge is -2.33. The molecule has 0 N–H and O–H groups in total. The van der Waals surface area contributed by atoms with Crippen molar-refractivity contribution in [2.75, 3.05) is 4.90 Å². The second-order valence-electron chi connectivity index (χ2n) is 16.2. The topological polar surface area (TPSA) is 8.17 Å². The highest BCUT2D eigenvalue weighted by Gasteiger charge is 2.52. The van der Waals surface area contributed by atoms with Crippen molar-refractivity contribution in [3.05, 3.63) is 240 Å². The van der Waals surface area contributed by atoms with Crippen LogP contribution < -0.4 is 4.90 Å². The number of aromatic nitrogens is 1. The van der Waals surface area contributed by atoms with Gasteiger partial charge in [0.25, 0.3) is 0 Å². The smallest absolute Gasteiger partial charge is 0.123 e. The van der Waals surface area contributed by atoms with Gasteiger partial charge in [-0.25, -0.2) is 4.39 Å². The molecule has 0 atom stereocenters. The van der Waals surface area contributed by atoms with Gasteiger partial charge >= 0.3 is 0 Å². The third-order valence-electron chi connectivity index (χ3n) is 13.2. The van der Waals surface area contributed by atoms with E-state index in [2.05, 4.69) is 198 Å². The van der Waals surface area contributed by atoms with Crippen LogP contribution in [-0.4, -0.2) is 4.57 Å². The molecule has 3 heteroatoms. The summed E-state index contributed by atoms with van der Waals surface area (Å²) in [6.45, 7) is 0. The van der Waals surface area contributed by atoms with E-state index in [0.717, 1.165) is 33.5 Å². The van der Waals surface area contributed by atoms with E-state index in [9.17, 15) is 4.39 Å². The molecule has 0 amide bonds. The first kappa shape index (κ1) is 33.2. The Morgan fingerprint density at radius 1 is 0.383 bits per heavy atom. The van der Waals surface area contributed by atoms with Crippen molar-refractivity contribution < 1.29 is 4.39 Å². The number of hydrogen-bond acceptors (Lipinski definition) is 1. The minimum atomic E-state index is -0.612. The Morgan fingerprint density at radius 2 is 1.00 bits per heavy atom. The average Bonchev–Trinajstić information content (AvgIpc) is 3.90. The molecule has 0 radical (unpaired) electrons. The first-order valence-corrected chi connectivity index (χ1v) is 20.6. The molecule has 0 unspecified atom stereocenters. The molecule has 2 nitrogen and oxygen atoms in total. The fraction of sp³-hybridized carbons (Fsp3) is 0.0175. The molecule has 10 aromatic carbocycles. The van der Waals surface area contributed by atoms with Crippen molar-refractivity contribution in [3.63, 3.8) is 0 Å². The number of anilines is 3. The van der Waals surface area contributed by atoms with Gasteiger partial charge in [0.15, 0.2) is 0 Å². The Kier molecular flexibility index (Phi) is 6.86. The van der Waals surface area contributed by atoms with Gasteiger partial charge in [-0.05, 0) is 133 Å². The number of fused-ring (bicyclic) bond motifs is 16. The summed E-state index contributed by atoms with van der Waals surface area (Å²) in [6, 6.07) is 76.0. The van der Waals surface area contributed by atoms with Crippen LogP contribution >= 0.6 is 0 Å². The summed E-state index contributed by atoms with van der Waals surface area (Å²) in [4.78, 5) is 2.32. The summed E-state index contributed by atoms with van der Waals surface area (Å²) < 4.78 is 17.2. The first-order chi connectivity index (χ1) is 29.7. The third-order valence-corrected chi connectivity index (χ3v) is 13.2. The van der Waals surface area contributed by atoms with Crippen molar-refractivity contribution in [3.8, 4) is 27.9 Å². The van der Waals surface area contributed by atoms with Gasteiger partial charge in [0.05, 0.1) is 22.1 Å². The van der Waals surface area contributed by atoms with E-state index in [1.54, 1.807) is 12.1 Å². The van der Waals surface area contributed by atoms with Gasteiger partial charge in [-0.3, -0.25) is 0 Å². The second kappa shape index (κ2) is 12.4. The van der Waals surface area contributed by atoms with E-state index in [1.807, 2.05) is 12.1 Å². The summed E-state index contributed by atoms with van der Waals surface area (Å²) in [7, 11) is 0. The standard InChI is InChI=1S/C57H35FN2/c58-38-27-30-40(31-28-38)59(41-29-26-36-14-4-5-15-37(36)32-41)55-35-52-56(46-22-7-6-20-44(46)55)48-34-54-47(45-21-10-13-25-53(45)60(54)39-16-2-1-3-17-39)33-51(48)57(52)49-23-11-8-18-42(49)43-19-9-12-24-50(43)57/h1-35H. The van der Waals surface area contributed by atoms with Gasteiger partial charge in [0.2, 0.25) is 0 Å². The number of halogens is 1. The second-order valence-corrected chi connectivity index (χ2v) is 16.2. The van der Waals surface area contributed by atoms with Crippen molar-refractivity contribution in [2.24, 2.45) is 0 Å². The molecule has 280 valence electrons. The summed E-state index contributed by atoms with van der Waals surface area (Å²) >= 11 is 0. The molecule has 1 heterocycles. The highest BCUT2D eigenvalue weighted by atomic mass is 19.1. The lowest BCUT2D eigenvalue weighted by molar-refractivity contribution is 0.628. The van der Waals surface area contributed by atoms with Crippen LogP contribution in [0.3, 0.4) is 0 Å². The van der Waals surface area contributed by atoms with Gasteiger partial charge in [-0.15, -0.1) is 0 Å². The maximum atomic E-state index is 14.7. The van der Waals surface area contributed by atoms with Gasteiger partial charge in [-0.2, -0.15) is 0 Å². The largest absolute Gasteiger partial charge is 0.310 e.